The smallest absolute Gasteiger partial charge is 0.234 e. The number of hydrogen-bond donors (Lipinski definition) is 2. The molecule has 3 N–H and O–H groups in total. The monoisotopic (exact) mass is 168 g/mol. The first-order chi connectivity index (χ1) is 5.70. The van der Waals surface area contributed by atoms with Gasteiger partial charge in [0.2, 0.25) is 5.91 Å². The van der Waals surface area contributed by atoms with Crippen molar-refractivity contribution in [2.45, 2.75) is 38.3 Å². The second-order valence-electron chi connectivity index (χ2n) is 3.27. The Balaban J connectivity index is 2.30. The number of allylic oxidation sites excluding steroid dienone is 1. The zero-order chi connectivity index (χ0) is 8.97. The van der Waals surface area contributed by atoms with Gasteiger partial charge in [0.1, 0.15) is 0 Å². The van der Waals surface area contributed by atoms with Gasteiger partial charge in [-0.1, -0.05) is 12.2 Å². The van der Waals surface area contributed by atoms with E-state index in [1.807, 2.05) is 0 Å². The molecule has 12 heavy (non-hydrogen) atoms. The molecule has 1 aliphatic carbocycles. The predicted octanol–water partition coefficient (Wildman–Crippen LogP) is 0.558. The third kappa shape index (κ3) is 2.66. The number of primary amides is 1. The molecule has 0 aromatic heterocycles. The van der Waals surface area contributed by atoms with Crippen molar-refractivity contribution in [1.29, 1.82) is 0 Å². The van der Waals surface area contributed by atoms with Gasteiger partial charge in [-0.05, 0) is 26.2 Å². The van der Waals surface area contributed by atoms with E-state index < -0.39 is 0 Å². The Labute approximate surface area is 73.0 Å². The molecule has 0 saturated heterocycles. The van der Waals surface area contributed by atoms with Crippen LogP contribution in [0.5, 0.6) is 0 Å². The van der Waals surface area contributed by atoms with E-state index in [0.717, 1.165) is 19.3 Å². The SMILES string of the molecule is CC(NC1CC=CCC1)C(N)=O. The van der Waals surface area contributed by atoms with E-state index in [4.69, 9.17) is 5.73 Å². The lowest BCUT2D eigenvalue weighted by atomic mass is 10.0. The second kappa shape index (κ2) is 4.26. The summed E-state index contributed by atoms with van der Waals surface area (Å²) in [6, 6.07) is 0.221. The van der Waals surface area contributed by atoms with Gasteiger partial charge in [-0.15, -0.1) is 0 Å². The third-order valence-corrected chi connectivity index (χ3v) is 2.18. The molecular formula is C9H16N2O. The molecule has 0 spiro atoms. The number of carbonyl (C=O) groups is 1. The van der Waals surface area contributed by atoms with Gasteiger partial charge in [0.25, 0.3) is 0 Å². The molecule has 0 aromatic carbocycles. The van der Waals surface area contributed by atoms with Crippen LogP contribution in [-0.4, -0.2) is 18.0 Å². The largest absolute Gasteiger partial charge is 0.368 e. The zero-order valence-corrected chi connectivity index (χ0v) is 7.42. The van der Waals surface area contributed by atoms with Crippen LogP contribution in [0.3, 0.4) is 0 Å². The number of carbonyl (C=O) groups excluding carboxylic acids is 1. The van der Waals surface area contributed by atoms with Crippen LogP contribution in [0, 0.1) is 0 Å². The van der Waals surface area contributed by atoms with Crippen LogP contribution in [-0.2, 0) is 4.79 Å². The van der Waals surface area contributed by atoms with Crippen molar-refractivity contribution in [3.63, 3.8) is 0 Å². The topological polar surface area (TPSA) is 55.1 Å². The summed E-state index contributed by atoms with van der Waals surface area (Å²) in [6.07, 6.45) is 7.54. The molecule has 1 rings (SSSR count). The second-order valence-corrected chi connectivity index (χ2v) is 3.27. The summed E-state index contributed by atoms with van der Waals surface area (Å²) < 4.78 is 0. The van der Waals surface area contributed by atoms with Crippen molar-refractivity contribution in [2.24, 2.45) is 5.73 Å². The minimum Gasteiger partial charge on any atom is -0.368 e. The molecule has 68 valence electrons. The first-order valence-electron chi connectivity index (χ1n) is 4.40. The van der Waals surface area contributed by atoms with Gasteiger partial charge in [-0.25, -0.2) is 0 Å². The lowest BCUT2D eigenvalue weighted by molar-refractivity contribution is -0.119. The average molecular weight is 168 g/mol. The molecule has 3 heteroatoms. The molecule has 3 nitrogen and oxygen atoms in total. The van der Waals surface area contributed by atoms with Crippen LogP contribution in [0.4, 0.5) is 0 Å². The fourth-order valence-electron chi connectivity index (χ4n) is 1.38. The van der Waals surface area contributed by atoms with Gasteiger partial charge in [0, 0.05) is 6.04 Å². The summed E-state index contributed by atoms with van der Waals surface area (Å²) in [7, 11) is 0. The predicted molar refractivity (Wildman–Crippen MR) is 48.6 cm³/mol. The number of hydrogen-bond acceptors (Lipinski definition) is 2. The van der Waals surface area contributed by atoms with Gasteiger partial charge in [-0.3, -0.25) is 4.79 Å². The van der Waals surface area contributed by atoms with Crippen molar-refractivity contribution in [2.75, 3.05) is 0 Å². The average Bonchev–Trinajstić information content (AvgIpc) is 2.06. The zero-order valence-electron chi connectivity index (χ0n) is 7.42. The molecule has 0 bridgehead atoms. The highest BCUT2D eigenvalue weighted by Gasteiger charge is 2.15. The van der Waals surface area contributed by atoms with Gasteiger partial charge in [0.05, 0.1) is 6.04 Å². The Morgan fingerprint density at radius 2 is 2.42 bits per heavy atom. The van der Waals surface area contributed by atoms with Crippen LogP contribution < -0.4 is 11.1 Å². The minimum atomic E-state index is -0.274. The summed E-state index contributed by atoms with van der Waals surface area (Å²) in [6.45, 7) is 1.81. The maximum atomic E-state index is 10.7. The highest BCUT2D eigenvalue weighted by molar-refractivity contribution is 5.79. The Hall–Kier alpha value is -0.830. The summed E-state index contributed by atoms with van der Waals surface area (Å²) in [5.41, 5.74) is 5.13. The standard InChI is InChI=1S/C9H16N2O/c1-7(9(10)12)11-8-5-3-2-4-6-8/h2-3,7-8,11H,4-6H2,1H3,(H2,10,12). The van der Waals surface area contributed by atoms with E-state index in [-0.39, 0.29) is 11.9 Å². The summed E-state index contributed by atoms with van der Waals surface area (Å²) in [5, 5.41) is 3.19. The molecule has 0 saturated carbocycles. The minimum absolute atomic E-state index is 0.207. The fraction of sp³-hybridized carbons (Fsp3) is 0.667. The van der Waals surface area contributed by atoms with E-state index in [1.54, 1.807) is 6.92 Å². The summed E-state index contributed by atoms with van der Waals surface area (Å²) in [5.74, 6) is -0.274. The molecule has 0 radical (unpaired) electrons. The molecule has 2 atom stereocenters. The molecule has 0 heterocycles. The van der Waals surface area contributed by atoms with Crippen LogP contribution >= 0.6 is 0 Å². The Kier molecular flexibility index (Phi) is 3.29. The van der Waals surface area contributed by atoms with Crippen molar-refractivity contribution >= 4 is 5.91 Å². The van der Waals surface area contributed by atoms with Gasteiger partial charge >= 0.3 is 0 Å². The molecule has 0 fully saturated rings. The van der Waals surface area contributed by atoms with Gasteiger partial charge < -0.3 is 11.1 Å². The maximum Gasteiger partial charge on any atom is 0.234 e. The van der Waals surface area contributed by atoms with E-state index in [1.165, 1.54) is 0 Å². The lowest BCUT2D eigenvalue weighted by Crippen LogP contribution is -2.44. The Bertz CT molecular complexity index is 189. The van der Waals surface area contributed by atoms with Crippen molar-refractivity contribution in [3.05, 3.63) is 12.2 Å². The molecule has 0 aliphatic heterocycles. The van der Waals surface area contributed by atoms with Crippen molar-refractivity contribution in [1.82, 2.24) is 5.32 Å². The van der Waals surface area contributed by atoms with Crippen LogP contribution in [0.15, 0.2) is 12.2 Å². The highest BCUT2D eigenvalue weighted by atomic mass is 16.1. The maximum absolute atomic E-state index is 10.7. The molecular weight excluding hydrogens is 152 g/mol. The number of amides is 1. The molecule has 2 unspecified atom stereocenters. The van der Waals surface area contributed by atoms with Crippen LogP contribution in [0.1, 0.15) is 26.2 Å². The van der Waals surface area contributed by atoms with Crippen LogP contribution in [0.2, 0.25) is 0 Å². The van der Waals surface area contributed by atoms with E-state index in [2.05, 4.69) is 17.5 Å². The number of rotatable bonds is 3. The van der Waals surface area contributed by atoms with Gasteiger partial charge in [-0.2, -0.15) is 0 Å². The quantitative estimate of drug-likeness (QED) is 0.605. The van der Waals surface area contributed by atoms with E-state index >= 15 is 0 Å². The molecule has 1 aliphatic rings. The Morgan fingerprint density at radius 1 is 1.67 bits per heavy atom. The van der Waals surface area contributed by atoms with E-state index in [9.17, 15) is 4.79 Å². The van der Waals surface area contributed by atoms with E-state index in [0.29, 0.717) is 6.04 Å². The fourth-order valence-corrected chi connectivity index (χ4v) is 1.38. The molecule has 0 aromatic rings. The van der Waals surface area contributed by atoms with Gasteiger partial charge in [0.15, 0.2) is 0 Å². The van der Waals surface area contributed by atoms with Crippen LogP contribution in [0.25, 0.3) is 0 Å². The normalized spacial score (nSPS) is 25.2. The van der Waals surface area contributed by atoms with Crippen molar-refractivity contribution < 1.29 is 4.79 Å². The first kappa shape index (κ1) is 9.26. The Morgan fingerprint density at radius 3 is 2.92 bits per heavy atom. The summed E-state index contributed by atoms with van der Waals surface area (Å²) >= 11 is 0. The first-order valence-corrected chi connectivity index (χ1v) is 4.40. The highest BCUT2D eigenvalue weighted by Crippen LogP contribution is 2.10. The third-order valence-electron chi connectivity index (χ3n) is 2.18. The van der Waals surface area contributed by atoms with Crippen molar-refractivity contribution in [3.8, 4) is 0 Å². The summed E-state index contributed by atoms with van der Waals surface area (Å²) in [4.78, 5) is 10.7. The molecule has 1 amide bonds. The number of nitrogens with two attached hydrogens (primary N) is 1. The number of nitrogens with one attached hydrogen (secondary N) is 1. The lowest BCUT2D eigenvalue weighted by Gasteiger charge is -2.22.